The summed E-state index contributed by atoms with van der Waals surface area (Å²) in [5.74, 6) is 1.34. The Bertz CT molecular complexity index is 230. The van der Waals surface area contributed by atoms with E-state index in [2.05, 4.69) is 24.5 Å². The summed E-state index contributed by atoms with van der Waals surface area (Å²) in [4.78, 5) is 11.5. The van der Waals surface area contributed by atoms with Crippen LogP contribution in [0.4, 0.5) is 0 Å². The summed E-state index contributed by atoms with van der Waals surface area (Å²) in [6.07, 6.45) is 3.98. The smallest absolute Gasteiger partial charge is 0.226 e. The predicted molar refractivity (Wildman–Crippen MR) is 60.9 cm³/mol. The van der Waals surface area contributed by atoms with Crippen LogP contribution in [0, 0.1) is 11.8 Å². The largest absolute Gasteiger partial charge is 0.393 e. The number of amides is 1. The van der Waals surface area contributed by atoms with Crippen LogP contribution in [-0.4, -0.2) is 17.4 Å². The van der Waals surface area contributed by atoms with Crippen LogP contribution in [0.3, 0.4) is 0 Å². The van der Waals surface area contributed by atoms with Gasteiger partial charge in [0.1, 0.15) is 0 Å². The van der Waals surface area contributed by atoms with Gasteiger partial charge in [0.05, 0.1) is 11.4 Å². The van der Waals surface area contributed by atoms with Crippen molar-refractivity contribution in [3.63, 3.8) is 0 Å². The van der Waals surface area contributed by atoms with Crippen molar-refractivity contribution in [1.82, 2.24) is 5.32 Å². The van der Waals surface area contributed by atoms with Gasteiger partial charge in [-0.2, -0.15) is 0 Å². The van der Waals surface area contributed by atoms with Gasteiger partial charge in [-0.05, 0) is 18.3 Å². The predicted octanol–water partition coefficient (Wildman–Crippen LogP) is 1.22. The number of nitrogens with two attached hydrogens (primary N) is 1. The zero-order valence-electron chi connectivity index (χ0n) is 8.58. The highest BCUT2D eigenvalue weighted by Gasteiger charge is 2.23. The molecule has 1 rings (SSSR count). The Kier molecular flexibility index (Phi) is 4.32. The molecule has 80 valence electrons. The average molecular weight is 214 g/mol. The molecule has 1 saturated carbocycles. The fraction of sp³-hybridized carbons (Fsp3) is 0.800. The van der Waals surface area contributed by atoms with Crippen molar-refractivity contribution in [2.75, 3.05) is 6.54 Å². The van der Waals surface area contributed by atoms with E-state index in [1.165, 1.54) is 19.3 Å². The van der Waals surface area contributed by atoms with E-state index in [-0.39, 0.29) is 17.3 Å². The third kappa shape index (κ3) is 3.62. The molecule has 1 fully saturated rings. The monoisotopic (exact) mass is 214 g/mol. The van der Waals surface area contributed by atoms with Gasteiger partial charge in [-0.3, -0.25) is 4.79 Å². The lowest BCUT2D eigenvalue weighted by Crippen LogP contribution is -2.32. The molecule has 2 unspecified atom stereocenters. The molecule has 0 heterocycles. The number of carbonyl (C=O) groups excluding carboxylic acids is 1. The lowest BCUT2D eigenvalue weighted by molar-refractivity contribution is -0.120. The topological polar surface area (TPSA) is 55.1 Å². The van der Waals surface area contributed by atoms with Gasteiger partial charge in [0.15, 0.2) is 0 Å². The number of hydrogen-bond acceptors (Lipinski definition) is 2. The maximum absolute atomic E-state index is 11.2. The van der Waals surface area contributed by atoms with Gasteiger partial charge in [0.2, 0.25) is 5.91 Å². The molecular formula is C10H18N2OS. The van der Waals surface area contributed by atoms with Crippen LogP contribution in [0.25, 0.3) is 0 Å². The van der Waals surface area contributed by atoms with Crippen molar-refractivity contribution < 1.29 is 4.79 Å². The Morgan fingerprint density at radius 2 is 2.29 bits per heavy atom. The molecule has 0 saturated heterocycles. The number of hydrogen-bond donors (Lipinski definition) is 2. The van der Waals surface area contributed by atoms with Gasteiger partial charge in [-0.1, -0.05) is 32.0 Å². The van der Waals surface area contributed by atoms with Crippen LogP contribution in [-0.2, 0) is 4.79 Å². The first-order chi connectivity index (χ1) is 6.59. The minimum atomic E-state index is -0.0448. The SMILES string of the molecule is CC1CCCC1CNC(=O)CC(N)=S. The van der Waals surface area contributed by atoms with Gasteiger partial charge >= 0.3 is 0 Å². The zero-order valence-corrected chi connectivity index (χ0v) is 9.40. The molecule has 4 heteroatoms. The molecule has 0 spiro atoms. The molecule has 1 aliphatic carbocycles. The lowest BCUT2D eigenvalue weighted by Gasteiger charge is -2.15. The van der Waals surface area contributed by atoms with E-state index < -0.39 is 0 Å². The highest BCUT2D eigenvalue weighted by atomic mass is 32.1. The van der Waals surface area contributed by atoms with E-state index in [1.54, 1.807) is 0 Å². The highest BCUT2D eigenvalue weighted by Crippen LogP contribution is 2.30. The van der Waals surface area contributed by atoms with Crippen LogP contribution >= 0.6 is 12.2 Å². The van der Waals surface area contributed by atoms with Gasteiger partial charge in [0.25, 0.3) is 0 Å². The van der Waals surface area contributed by atoms with Gasteiger partial charge in [-0.25, -0.2) is 0 Å². The molecule has 0 bridgehead atoms. The minimum absolute atomic E-state index is 0.0448. The first kappa shape index (κ1) is 11.4. The second-order valence-electron chi connectivity index (χ2n) is 4.12. The molecule has 2 atom stereocenters. The first-order valence-electron chi connectivity index (χ1n) is 5.14. The fourth-order valence-electron chi connectivity index (χ4n) is 1.99. The molecule has 3 nitrogen and oxygen atoms in total. The first-order valence-corrected chi connectivity index (χ1v) is 5.55. The van der Waals surface area contributed by atoms with Crippen molar-refractivity contribution in [2.45, 2.75) is 32.6 Å². The van der Waals surface area contributed by atoms with Gasteiger partial charge in [-0.15, -0.1) is 0 Å². The third-order valence-corrected chi connectivity index (χ3v) is 3.08. The highest BCUT2D eigenvalue weighted by molar-refractivity contribution is 7.80. The lowest BCUT2D eigenvalue weighted by atomic mass is 9.98. The number of nitrogens with one attached hydrogen (secondary N) is 1. The molecule has 3 N–H and O–H groups in total. The van der Waals surface area contributed by atoms with Crippen molar-refractivity contribution in [1.29, 1.82) is 0 Å². The zero-order chi connectivity index (χ0) is 10.6. The number of carbonyl (C=O) groups is 1. The van der Waals surface area contributed by atoms with E-state index in [4.69, 9.17) is 5.73 Å². The fourth-order valence-corrected chi connectivity index (χ4v) is 2.12. The quantitative estimate of drug-likeness (QED) is 0.692. The Hall–Kier alpha value is -0.640. The maximum atomic E-state index is 11.2. The second-order valence-corrected chi connectivity index (χ2v) is 4.64. The van der Waals surface area contributed by atoms with Crippen LogP contribution < -0.4 is 11.1 Å². The Labute approximate surface area is 90.4 Å². The summed E-state index contributed by atoms with van der Waals surface area (Å²) in [6.45, 7) is 3.03. The van der Waals surface area contributed by atoms with Crippen LogP contribution in [0.5, 0.6) is 0 Å². The van der Waals surface area contributed by atoms with Crippen LogP contribution in [0.2, 0.25) is 0 Å². The number of rotatable bonds is 4. The van der Waals surface area contributed by atoms with E-state index >= 15 is 0 Å². The van der Waals surface area contributed by atoms with E-state index in [0.717, 1.165) is 12.5 Å². The summed E-state index contributed by atoms with van der Waals surface area (Å²) in [5.41, 5.74) is 5.27. The Balaban J connectivity index is 2.19. The third-order valence-electron chi connectivity index (χ3n) is 2.94. The van der Waals surface area contributed by atoms with Crippen molar-refractivity contribution in [3.05, 3.63) is 0 Å². The van der Waals surface area contributed by atoms with E-state index in [0.29, 0.717) is 5.92 Å². The minimum Gasteiger partial charge on any atom is -0.393 e. The molecular weight excluding hydrogens is 196 g/mol. The summed E-state index contributed by atoms with van der Waals surface area (Å²) >= 11 is 4.66. The molecule has 0 aliphatic heterocycles. The molecule has 14 heavy (non-hydrogen) atoms. The Morgan fingerprint density at radius 3 is 2.79 bits per heavy atom. The van der Waals surface area contributed by atoms with Crippen molar-refractivity contribution in [3.8, 4) is 0 Å². The van der Waals surface area contributed by atoms with E-state index in [1.807, 2.05) is 0 Å². The summed E-state index contributed by atoms with van der Waals surface area (Å²) in [7, 11) is 0. The van der Waals surface area contributed by atoms with Crippen LogP contribution in [0.1, 0.15) is 32.6 Å². The molecule has 0 aromatic carbocycles. The maximum Gasteiger partial charge on any atom is 0.226 e. The molecule has 1 aliphatic rings. The molecule has 1 amide bonds. The second kappa shape index (κ2) is 5.29. The molecule has 0 aromatic heterocycles. The summed E-state index contributed by atoms with van der Waals surface area (Å²) < 4.78 is 0. The number of thiocarbonyl (C=S) groups is 1. The van der Waals surface area contributed by atoms with Crippen molar-refractivity contribution in [2.24, 2.45) is 17.6 Å². The normalized spacial score (nSPS) is 26.1. The average Bonchev–Trinajstić information content (AvgIpc) is 2.46. The summed E-state index contributed by atoms with van der Waals surface area (Å²) in [6, 6.07) is 0. The van der Waals surface area contributed by atoms with Crippen LogP contribution in [0.15, 0.2) is 0 Å². The van der Waals surface area contributed by atoms with Gasteiger partial charge < -0.3 is 11.1 Å². The Morgan fingerprint density at radius 1 is 1.57 bits per heavy atom. The van der Waals surface area contributed by atoms with Crippen molar-refractivity contribution >= 4 is 23.1 Å². The van der Waals surface area contributed by atoms with E-state index in [9.17, 15) is 4.79 Å². The standard InChI is InChI=1S/C10H18N2OS/c1-7-3-2-4-8(7)6-12-10(13)5-9(11)14/h7-8H,2-6H2,1H3,(H2,11,14)(H,12,13). The summed E-state index contributed by atoms with van der Waals surface area (Å²) in [5, 5.41) is 2.88. The van der Waals surface area contributed by atoms with Gasteiger partial charge in [0, 0.05) is 6.54 Å². The molecule has 0 aromatic rings. The molecule has 0 radical (unpaired) electrons.